The molecular weight excluding hydrogens is 262 g/mol. The number of aromatic nitrogens is 1. The van der Waals surface area contributed by atoms with Crippen LogP contribution in [0.4, 0.5) is 0 Å². The summed E-state index contributed by atoms with van der Waals surface area (Å²) in [6, 6.07) is 9.85. The van der Waals surface area contributed by atoms with Crippen molar-refractivity contribution in [3.63, 3.8) is 0 Å². The lowest BCUT2D eigenvalue weighted by atomic mass is 10.1. The van der Waals surface area contributed by atoms with Gasteiger partial charge in [-0.25, -0.2) is 4.98 Å². The number of rotatable bonds is 0. The largest absolute Gasteiger partial charge is 0.454 e. The fourth-order valence-corrected chi connectivity index (χ4v) is 2.71. The first kappa shape index (κ1) is 10.9. The molecule has 0 radical (unpaired) electrons. The van der Waals surface area contributed by atoms with E-state index in [0.29, 0.717) is 5.02 Å². The topological polar surface area (TPSA) is 31.4 Å². The number of hydrogen-bond donors (Lipinski definition) is 0. The molecule has 0 bridgehead atoms. The van der Waals surface area contributed by atoms with Gasteiger partial charge in [0.15, 0.2) is 11.5 Å². The maximum absolute atomic E-state index is 6.49. The maximum atomic E-state index is 6.49. The van der Waals surface area contributed by atoms with E-state index in [1.807, 2.05) is 37.3 Å². The minimum atomic E-state index is 0.252. The Balaban J connectivity index is 2.15. The molecule has 19 heavy (non-hydrogen) atoms. The van der Waals surface area contributed by atoms with Crippen molar-refractivity contribution in [2.24, 2.45) is 0 Å². The summed E-state index contributed by atoms with van der Waals surface area (Å²) in [5, 5.41) is 2.55. The number of fused-ring (bicyclic) bond motifs is 3. The third-order valence-corrected chi connectivity index (χ3v) is 3.77. The zero-order valence-electron chi connectivity index (χ0n) is 10.2. The van der Waals surface area contributed by atoms with Gasteiger partial charge in [0.2, 0.25) is 6.79 Å². The summed E-state index contributed by atoms with van der Waals surface area (Å²) in [5.74, 6) is 1.45. The van der Waals surface area contributed by atoms with E-state index >= 15 is 0 Å². The second-order valence-electron chi connectivity index (χ2n) is 4.67. The number of benzene rings is 2. The normalized spacial score (nSPS) is 13.4. The van der Waals surface area contributed by atoms with Gasteiger partial charge in [-0.05, 0) is 24.6 Å². The average Bonchev–Trinajstić information content (AvgIpc) is 2.84. The predicted molar refractivity (Wildman–Crippen MR) is 75.1 cm³/mol. The second-order valence-corrected chi connectivity index (χ2v) is 5.05. The highest BCUT2D eigenvalue weighted by molar-refractivity contribution is 6.40. The molecule has 0 fully saturated rings. The fraction of sp³-hybridized carbons (Fsp3) is 0.133. The molecular formula is C15H10ClNO2. The molecule has 0 N–H and O–H groups in total. The summed E-state index contributed by atoms with van der Waals surface area (Å²) < 4.78 is 10.8. The Morgan fingerprint density at radius 1 is 1.00 bits per heavy atom. The van der Waals surface area contributed by atoms with Gasteiger partial charge in [0.25, 0.3) is 0 Å². The maximum Gasteiger partial charge on any atom is 0.231 e. The van der Waals surface area contributed by atoms with Crippen LogP contribution in [0.5, 0.6) is 11.5 Å². The first-order valence-electron chi connectivity index (χ1n) is 6.01. The van der Waals surface area contributed by atoms with E-state index in [4.69, 9.17) is 21.1 Å². The summed E-state index contributed by atoms with van der Waals surface area (Å²) in [6.07, 6.45) is 0. The van der Waals surface area contributed by atoms with Crippen LogP contribution < -0.4 is 9.47 Å². The van der Waals surface area contributed by atoms with Gasteiger partial charge in [-0.2, -0.15) is 0 Å². The van der Waals surface area contributed by atoms with E-state index in [1.54, 1.807) is 0 Å². The molecule has 4 rings (SSSR count). The second kappa shape index (κ2) is 3.75. The Kier molecular flexibility index (Phi) is 2.15. The van der Waals surface area contributed by atoms with Crippen molar-refractivity contribution in [1.82, 2.24) is 4.98 Å². The van der Waals surface area contributed by atoms with E-state index in [9.17, 15) is 0 Å². The monoisotopic (exact) mass is 271 g/mol. The van der Waals surface area contributed by atoms with Gasteiger partial charge in [0.1, 0.15) is 0 Å². The first-order valence-corrected chi connectivity index (χ1v) is 6.39. The molecule has 2 heterocycles. The van der Waals surface area contributed by atoms with E-state index in [-0.39, 0.29) is 6.79 Å². The molecule has 0 spiro atoms. The molecule has 3 aromatic rings. The molecule has 1 aliphatic rings. The average molecular weight is 272 g/mol. The molecule has 3 nitrogen and oxygen atoms in total. The molecule has 0 amide bonds. The van der Waals surface area contributed by atoms with Crippen LogP contribution in [0.3, 0.4) is 0 Å². The van der Waals surface area contributed by atoms with Crippen LogP contribution in [0.15, 0.2) is 30.3 Å². The number of halogens is 1. The zero-order valence-corrected chi connectivity index (χ0v) is 11.0. The van der Waals surface area contributed by atoms with Gasteiger partial charge in [-0.15, -0.1) is 0 Å². The molecule has 1 aromatic heterocycles. The van der Waals surface area contributed by atoms with Gasteiger partial charge >= 0.3 is 0 Å². The van der Waals surface area contributed by atoms with Crippen molar-refractivity contribution in [2.75, 3.05) is 6.79 Å². The van der Waals surface area contributed by atoms with Gasteiger partial charge < -0.3 is 9.47 Å². The lowest BCUT2D eigenvalue weighted by Crippen LogP contribution is -1.92. The van der Waals surface area contributed by atoms with Crippen LogP contribution in [0, 0.1) is 6.92 Å². The van der Waals surface area contributed by atoms with Crippen molar-refractivity contribution >= 4 is 33.4 Å². The fourth-order valence-electron chi connectivity index (χ4n) is 2.39. The summed E-state index contributed by atoms with van der Waals surface area (Å²) in [4.78, 5) is 4.66. The minimum Gasteiger partial charge on any atom is -0.454 e. The standard InChI is InChI=1S/C15H10ClNO2/c1-8-2-3-9-11(4-8)17-12-6-14-13(18-7-19-14)5-10(12)15(9)16/h2-6H,7H2,1H3. The number of aryl methyl sites for hydroxylation is 1. The Morgan fingerprint density at radius 2 is 1.74 bits per heavy atom. The molecule has 0 atom stereocenters. The van der Waals surface area contributed by atoms with E-state index in [0.717, 1.165) is 38.9 Å². The lowest BCUT2D eigenvalue weighted by Gasteiger charge is -2.07. The number of pyridine rings is 1. The Hall–Kier alpha value is -2.00. The molecule has 94 valence electrons. The summed E-state index contributed by atoms with van der Waals surface area (Å²) in [5.41, 5.74) is 2.89. The molecule has 0 saturated heterocycles. The summed E-state index contributed by atoms with van der Waals surface area (Å²) in [7, 11) is 0. The highest BCUT2D eigenvalue weighted by atomic mass is 35.5. The quantitative estimate of drug-likeness (QED) is 0.577. The molecule has 4 heteroatoms. The van der Waals surface area contributed by atoms with E-state index in [2.05, 4.69) is 4.98 Å². The van der Waals surface area contributed by atoms with Crippen LogP contribution in [0.25, 0.3) is 21.8 Å². The van der Waals surface area contributed by atoms with Gasteiger partial charge in [0.05, 0.1) is 16.1 Å². The Labute approximate surface area is 114 Å². The first-order chi connectivity index (χ1) is 9.22. The molecule has 1 aliphatic heterocycles. The van der Waals surface area contributed by atoms with E-state index < -0.39 is 0 Å². The molecule has 0 saturated carbocycles. The zero-order chi connectivity index (χ0) is 13.0. The third-order valence-electron chi connectivity index (χ3n) is 3.36. The van der Waals surface area contributed by atoms with Gasteiger partial charge in [0, 0.05) is 16.8 Å². The minimum absolute atomic E-state index is 0.252. The smallest absolute Gasteiger partial charge is 0.231 e. The summed E-state index contributed by atoms with van der Waals surface area (Å²) in [6.45, 7) is 2.29. The molecule has 0 aliphatic carbocycles. The predicted octanol–water partition coefficient (Wildman–Crippen LogP) is 4.08. The van der Waals surface area contributed by atoms with Crippen molar-refractivity contribution < 1.29 is 9.47 Å². The van der Waals surface area contributed by atoms with E-state index in [1.165, 1.54) is 0 Å². The van der Waals surface area contributed by atoms with Crippen molar-refractivity contribution in [3.8, 4) is 11.5 Å². The SMILES string of the molecule is Cc1ccc2c(Cl)c3cc4c(cc3nc2c1)OCO4. The van der Waals surface area contributed by atoms with Gasteiger partial charge in [-0.3, -0.25) is 0 Å². The highest BCUT2D eigenvalue weighted by Crippen LogP contribution is 2.39. The van der Waals surface area contributed by atoms with Gasteiger partial charge in [-0.1, -0.05) is 23.7 Å². The third kappa shape index (κ3) is 1.55. The molecule has 2 aromatic carbocycles. The van der Waals surface area contributed by atoms with Crippen LogP contribution in [0.1, 0.15) is 5.56 Å². The lowest BCUT2D eigenvalue weighted by molar-refractivity contribution is 0.174. The number of ether oxygens (including phenoxy) is 2. The number of nitrogens with zero attached hydrogens (tertiary/aromatic N) is 1. The van der Waals surface area contributed by atoms with Crippen LogP contribution in [0.2, 0.25) is 5.02 Å². The van der Waals surface area contributed by atoms with Crippen LogP contribution in [-0.2, 0) is 0 Å². The van der Waals surface area contributed by atoms with Crippen molar-refractivity contribution in [2.45, 2.75) is 6.92 Å². The number of hydrogen-bond acceptors (Lipinski definition) is 3. The summed E-state index contributed by atoms with van der Waals surface area (Å²) >= 11 is 6.49. The molecule has 0 unspecified atom stereocenters. The van der Waals surface area contributed by atoms with Crippen molar-refractivity contribution in [1.29, 1.82) is 0 Å². The Bertz CT molecular complexity index is 829. The van der Waals surface area contributed by atoms with Crippen LogP contribution in [-0.4, -0.2) is 11.8 Å². The Morgan fingerprint density at radius 3 is 2.58 bits per heavy atom. The van der Waals surface area contributed by atoms with Crippen molar-refractivity contribution in [3.05, 3.63) is 40.9 Å². The van der Waals surface area contributed by atoms with Crippen LogP contribution >= 0.6 is 11.6 Å². The highest BCUT2D eigenvalue weighted by Gasteiger charge is 2.17.